The monoisotopic (exact) mass is 401 g/mol. The van der Waals surface area contributed by atoms with Crippen LogP contribution in [0.5, 0.6) is 0 Å². The predicted octanol–water partition coefficient (Wildman–Crippen LogP) is 3.99. The summed E-state index contributed by atoms with van der Waals surface area (Å²) < 4.78 is 30.9. The second kappa shape index (κ2) is 7.45. The molecule has 3 fully saturated rings. The van der Waals surface area contributed by atoms with Crippen LogP contribution in [0.15, 0.2) is 28.7 Å². The van der Waals surface area contributed by atoms with Crippen molar-refractivity contribution in [2.24, 2.45) is 16.2 Å². The van der Waals surface area contributed by atoms with Crippen molar-refractivity contribution in [3.05, 3.63) is 29.8 Å². The molecule has 3 atom stereocenters. The molecule has 6 heteroatoms. The number of rotatable bonds is 2. The molecule has 1 aromatic carbocycles. The molecule has 0 aromatic heterocycles. The highest BCUT2D eigenvalue weighted by Gasteiger charge is 2.39. The van der Waals surface area contributed by atoms with Gasteiger partial charge >= 0.3 is 10.2 Å². The van der Waals surface area contributed by atoms with E-state index in [1.54, 1.807) is 4.31 Å². The number of nitrogens with zero attached hydrogens (tertiary/aromatic N) is 3. The number of hydrogen-bond acceptors (Lipinski definition) is 3. The molecule has 28 heavy (non-hydrogen) atoms. The van der Waals surface area contributed by atoms with Gasteiger partial charge in [0.2, 0.25) is 0 Å². The van der Waals surface area contributed by atoms with E-state index in [0.29, 0.717) is 6.04 Å². The molecule has 2 heterocycles. The van der Waals surface area contributed by atoms with E-state index < -0.39 is 10.2 Å². The van der Waals surface area contributed by atoms with Crippen LogP contribution >= 0.6 is 0 Å². The normalized spacial score (nSPS) is 33.3. The van der Waals surface area contributed by atoms with Gasteiger partial charge in [-0.25, -0.2) is 4.31 Å². The lowest BCUT2D eigenvalue weighted by atomic mass is 9.69. The van der Waals surface area contributed by atoms with Crippen LogP contribution in [-0.4, -0.2) is 44.7 Å². The Morgan fingerprint density at radius 2 is 1.61 bits per heavy atom. The zero-order chi connectivity index (χ0) is 19.1. The minimum Gasteiger partial charge on any atom is -0.300 e. The molecule has 5 rings (SSSR count). The van der Waals surface area contributed by atoms with E-state index >= 15 is 0 Å². The zero-order valence-electron chi connectivity index (χ0n) is 16.5. The van der Waals surface area contributed by atoms with Crippen LogP contribution in [0.4, 0.5) is 5.69 Å². The number of benzene rings is 1. The van der Waals surface area contributed by atoms with Gasteiger partial charge in [0.1, 0.15) is 0 Å². The largest absolute Gasteiger partial charge is 0.344 e. The molecule has 152 valence electrons. The van der Waals surface area contributed by atoms with E-state index in [2.05, 4.69) is 9.30 Å². The Bertz CT molecular complexity index is 845. The number of anilines is 1. The maximum Gasteiger partial charge on any atom is 0.344 e. The molecule has 5 nitrogen and oxygen atoms in total. The van der Waals surface area contributed by atoms with Gasteiger partial charge in [-0.3, -0.25) is 0 Å². The zero-order valence-corrected chi connectivity index (χ0v) is 17.4. The van der Waals surface area contributed by atoms with Crippen molar-refractivity contribution in [3.63, 3.8) is 0 Å². The van der Waals surface area contributed by atoms with Crippen molar-refractivity contribution >= 4 is 22.1 Å². The van der Waals surface area contributed by atoms with Crippen LogP contribution in [0.1, 0.15) is 63.4 Å². The van der Waals surface area contributed by atoms with Crippen molar-refractivity contribution < 1.29 is 8.42 Å². The molecular weight excluding hydrogens is 370 g/mol. The van der Waals surface area contributed by atoms with Crippen LogP contribution in [0.3, 0.4) is 0 Å². The Labute approximate surface area is 169 Å². The second-order valence-electron chi connectivity index (χ2n) is 9.11. The molecule has 2 aliphatic carbocycles. The van der Waals surface area contributed by atoms with E-state index in [0.717, 1.165) is 49.0 Å². The topological polar surface area (TPSA) is 53.0 Å². The quantitative estimate of drug-likeness (QED) is 0.753. The van der Waals surface area contributed by atoms with Gasteiger partial charge in [0.15, 0.2) is 0 Å². The smallest absolute Gasteiger partial charge is 0.300 e. The van der Waals surface area contributed by atoms with Crippen LogP contribution in [-0.2, 0) is 10.2 Å². The van der Waals surface area contributed by atoms with Crippen LogP contribution in [0.25, 0.3) is 0 Å². The minimum atomic E-state index is -3.61. The summed E-state index contributed by atoms with van der Waals surface area (Å²) in [6.07, 6.45) is 13.1. The Balaban J connectivity index is 1.26. The summed E-state index contributed by atoms with van der Waals surface area (Å²) in [7, 11) is -3.61. The van der Waals surface area contributed by atoms with Crippen molar-refractivity contribution in [1.29, 1.82) is 0 Å². The number of hydrogen-bond donors (Lipinski definition) is 0. The fraction of sp³-hybridized carbons (Fsp3) is 0.682. The maximum atomic E-state index is 12.7. The molecule has 0 bridgehead atoms. The third-order valence-corrected chi connectivity index (χ3v) is 8.97. The number of piperidine rings is 1. The van der Waals surface area contributed by atoms with Crippen LogP contribution in [0.2, 0.25) is 0 Å². The summed E-state index contributed by atoms with van der Waals surface area (Å²) in [5, 5.41) is 0. The van der Waals surface area contributed by atoms with E-state index in [-0.39, 0.29) is 6.04 Å². The lowest BCUT2D eigenvalue weighted by molar-refractivity contribution is 0.0598. The Morgan fingerprint density at radius 3 is 2.43 bits per heavy atom. The van der Waals surface area contributed by atoms with Gasteiger partial charge in [-0.1, -0.05) is 43.9 Å². The van der Waals surface area contributed by atoms with Crippen molar-refractivity contribution in [2.75, 3.05) is 17.4 Å². The summed E-state index contributed by atoms with van der Waals surface area (Å²) in [6.45, 7) is 2.01. The Morgan fingerprint density at radius 1 is 0.857 bits per heavy atom. The second-order valence-corrected chi connectivity index (χ2v) is 10.6. The highest BCUT2D eigenvalue weighted by molar-refractivity contribution is 7.91. The standard InChI is InChI=1S/C22H31N3O2S/c26-28(27)23-16-19-7-3-4-8-22(19)25(28)20-11-13-24(14-12-20)21-10-9-17-5-1-2-6-18(17)15-21/h3-4,7-8,16-18,20-21H,1-2,5-6,9-15H2. The average Bonchev–Trinajstić information content (AvgIpc) is 2.73. The Kier molecular flexibility index (Phi) is 4.95. The molecular formula is C22H31N3O2S. The third kappa shape index (κ3) is 3.39. The summed E-state index contributed by atoms with van der Waals surface area (Å²) in [5.74, 6) is 1.92. The molecule has 3 unspecified atom stereocenters. The SMILES string of the molecule is O=S1(=O)N=Cc2ccccc2N1C1CCN(C2CCC3CCCCC3C2)CC1. The molecule has 0 radical (unpaired) electrons. The fourth-order valence-corrected chi connectivity index (χ4v) is 7.50. The molecule has 1 aromatic rings. The van der Waals surface area contributed by atoms with Crippen molar-refractivity contribution in [2.45, 2.75) is 69.9 Å². The van der Waals surface area contributed by atoms with E-state index in [4.69, 9.17) is 0 Å². The predicted molar refractivity (Wildman–Crippen MR) is 113 cm³/mol. The molecule has 0 amide bonds. The van der Waals surface area contributed by atoms with Gasteiger partial charge < -0.3 is 4.90 Å². The van der Waals surface area contributed by atoms with Crippen LogP contribution < -0.4 is 4.31 Å². The van der Waals surface area contributed by atoms with Crippen molar-refractivity contribution in [3.8, 4) is 0 Å². The summed E-state index contributed by atoms with van der Waals surface area (Å²) in [5.41, 5.74) is 1.69. The van der Waals surface area contributed by atoms with E-state index in [1.807, 2.05) is 24.3 Å². The van der Waals surface area contributed by atoms with E-state index in [9.17, 15) is 8.42 Å². The van der Waals surface area contributed by atoms with Crippen LogP contribution in [0, 0.1) is 11.8 Å². The first kappa shape index (κ1) is 18.6. The summed E-state index contributed by atoms with van der Waals surface area (Å²) >= 11 is 0. The lowest BCUT2D eigenvalue weighted by Gasteiger charge is -2.46. The molecule has 2 saturated carbocycles. The number of likely N-dealkylation sites (tertiary alicyclic amines) is 1. The number of para-hydroxylation sites is 1. The molecule has 1 saturated heterocycles. The van der Waals surface area contributed by atoms with E-state index in [1.165, 1.54) is 51.2 Å². The Hall–Kier alpha value is -1.40. The van der Waals surface area contributed by atoms with Gasteiger partial charge in [0, 0.05) is 30.7 Å². The first-order valence-corrected chi connectivity index (χ1v) is 12.4. The van der Waals surface area contributed by atoms with Gasteiger partial charge in [-0.15, -0.1) is 0 Å². The first-order valence-electron chi connectivity index (χ1n) is 11.0. The molecule has 0 spiro atoms. The molecule has 2 aliphatic heterocycles. The van der Waals surface area contributed by atoms with Crippen molar-refractivity contribution in [1.82, 2.24) is 4.90 Å². The highest BCUT2D eigenvalue weighted by atomic mass is 32.2. The average molecular weight is 402 g/mol. The molecule has 0 N–H and O–H groups in total. The van der Waals surface area contributed by atoms with Gasteiger partial charge in [0.25, 0.3) is 0 Å². The maximum absolute atomic E-state index is 12.7. The highest BCUT2D eigenvalue weighted by Crippen LogP contribution is 2.42. The van der Waals surface area contributed by atoms with Gasteiger partial charge in [0.05, 0.1) is 11.9 Å². The minimum absolute atomic E-state index is 0.0193. The summed E-state index contributed by atoms with van der Waals surface area (Å²) in [4.78, 5) is 2.66. The number of fused-ring (bicyclic) bond motifs is 2. The first-order chi connectivity index (χ1) is 13.6. The third-order valence-electron chi connectivity index (χ3n) is 7.61. The van der Waals surface area contributed by atoms with Gasteiger partial charge in [-0.05, 0) is 50.0 Å². The lowest BCUT2D eigenvalue weighted by Crippen LogP contribution is -2.51. The van der Waals surface area contributed by atoms with Gasteiger partial charge in [-0.2, -0.15) is 12.8 Å². The fourth-order valence-electron chi connectivity index (χ4n) is 6.15. The molecule has 4 aliphatic rings. The summed E-state index contributed by atoms with van der Waals surface area (Å²) in [6, 6.07) is 8.44.